The van der Waals surface area contributed by atoms with Gasteiger partial charge in [0.05, 0.1) is 36.3 Å². The minimum atomic E-state index is -1.91. The number of hydrogen-bond acceptors (Lipinski definition) is 16. The normalized spacial score (nSPS) is 44.8. The lowest BCUT2D eigenvalue weighted by Gasteiger charge is -2.60. The Bertz CT molecular complexity index is 1930. The van der Waals surface area contributed by atoms with E-state index in [1.165, 1.54) is 39.8 Å². The van der Waals surface area contributed by atoms with Crippen molar-refractivity contribution in [1.29, 1.82) is 0 Å². The summed E-state index contributed by atoms with van der Waals surface area (Å²) >= 11 is 0. The van der Waals surface area contributed by atoms with Crippen molar-refractivity contribution >= 4 is 29.5 Å². The van der Waals surface area contributed by atoms with E-state index < -0.39 is 130 Å². The third kappa shape index (κ3) is 10.6. The predicted octanol–water partition coefficient (Wildman–Crippen LogP) is 3.15. The number of nitrogens with zero attached hydrogens (tertiary/aromatic N) is 1. The van der Waals surface area contributed by atoms with Gasteiger partial charge >= 0.3 is 17.9 Å². The van der Waals surface area contributed by atoms with Gasteiger partial charge in [-0.05, 0) is 115 Å². The molecule has 1 saturated heterocycles. The van der Waals surface area contributed by atoms with Crippen LogP contribution < -0.4 is 5.32 Å². The van der Waals surface area contributed by atoms with Crippen molar-refractivity contribution in [3.8, 4) is 0 Å². The molecule has 19 atom stereocenters. The van der Waals surface area contributed by atoms with Crippen LogP contribution in [0, 0.1) is 52.3 Å². The molecule has 17 heteroatoms. The third-order valence-corrected chi connectivity index (χ3v) is 17.2. The number of halogens is 1. The van der Waals surface area contributed by atoms with Gasteiger partial charge in [0.15, 0.2) is 18.0 Å². The average Bonchev–Trinajstić information content (AvgIpc) is 3.48. The van der Waals surface area contributed by atoms with Crippen LogP contribution in [0.2, 0.25) is 0 Å². The number of Topliss-reactive ketones (excluding diaryl/α,β-unsaturated/α-hetero) is 1. The van der Waals surface area contributed by atoms with Crippen LogP contribution in [0.25, 0.3) is 0 Å². The molecule has 1 heterocycles. The van der Waals surface area contributed by atoms with Crippen LogP contribution in [0.15, 0.2) is 23.8 Å². The van der Waals surface area contributed by atoms with Crippen molar-refractivity contribution in [3.63, 3.8) is 0 Å². The number of ketones is 2. The zero-order valence-electron chi connectivity index (χ0n) is 42.1. The lowest BCUT2D eigenvalue weighted by molar-refractivity contribution is -0.207. The number of alkyl halides is 1. The van der Waals surface area contributed by atoms with E-state index >= 15 is 4.39 Å². The van der Waals surface area contributed by atoms with Gasteiger partial charge in [-0.25, -0.2) is 4.39 Å². The van der Waals surface area contributed by atoms with Crippen molar-refractivity contribution in [2.75, 3.05) is 32.8 Å². The summed E-state index contributed by atoms with van der Waals surface area (Å²) < 4.78 is 33.4. The highest BCUT2D eigenvalue weighted by molar-refractivity contribution is 6.01. The van der Waals surface area contributed by atoms with E-state index in [0.29, 0.717) is 38.0 Å². The molecule has 0 aromatic heterocycles. The first kappa shape index (κ1) is 55.8. The number of carbonyl (C=O) groups excluding carboxylic acids is 5. The minimum Gasteiger partial charge on any atom is -0.459 e. The Hall–Kier alpha value is -3.16. The predicted molar refractivity (Wildman–Crippen MR) is 248 cm³/mol. The van der Waals surface area contributed by atoms with E-state index in [-0.39, 0.29) is 56.3 Å². The molecule has 3 saturated carbocycles. The number of carbonyl (C=O) groups is 5. The van der Waals surface area contributed by atoms with Crippen molar-refractivity contribution in [1.82, 2.24) is 10.2 Å². The molecule has 0 amide bonds. The summed E-state index contributed by atoms with van der Waals surface area (Å²) in [6.45, 7) is 18.4. The quantitative estimate of drug-likeness (QED) is 0.0843. The molecule has 1 aliphatic heterocycles. The zero-order chi connectivity index (χ0) is 51.1. The Balaban J connectivity index is 1.29. The first-order chi connectivity index (χ1) is 31.5. The second-order valence-corrected chi connectivity index (χ2v) is 22.2. The summed E-state index contributed by atoms with van der Waals surface area (Å²) in [4.78, 5) is 67.9. The third-order valence-electron chi connectivity index (χ3n) is 17.2. The SMILES string of the molecule is CC[C@H]1OC(=O)[C@H](C)[C@@H](O)[C@H](C)[C@@H](O)[C@](C)(O)C[C@@H](C)CN(CCCNCCC(=O)O[C@]2(C(=O)COC(C)=O)[C@H](C)CC3C4C[C@H](F)C5=CC(=O)C=C[C@]5(C)C4[C@@H](O)C[C@@]32C)[C@H](C)[C@@H](O)[C@]1(C)O. The number of aliphatic hydroxyl groups is 6. The molecule has 4 aliphatic carbocycles. The molecule has 0 aromatic carbocycles. The van der Waals surface area contributed by atoms with Crippen LogP contribution in [0.3, 0.4) is 0 Å². The van der Waals surface area contributed by atoms with Gasteiger partial charge in [0.1, 0.15) is 24.0 Å². The minimum absolute atomic E-state index is 0.0268. The van der Waals surface area contributed by atoms with Crippen LogP contribution in [-0.2, 0) is 38.2 Å². The summed E-state index contributed by atoms with van der Waals surface area (Å²) in [5, 5.41) is 72.6. The highest BCUT2D eigenvalue weighted by Crippen LogP contribution is 2.69. The topological polar surface area (TPSA) is 250 Å². The maximum atomic E-state index is 16.1. The summed E-state index contributed by atoms with van der Waals surface area (Å²) in [7, 11) is 0. The molecule has 7 N–H and O–H groups in total. The Kier molecular flexibility index (Phi) is 17.5. The second kappa shape index (κ2) is 21.3. The standard InChI is InChI=1S/C51H81FN2O14/c1-12-40-50(11,65)45(62)31(6)54(25-27(2)23-49(10,64)44(61)29(4)43(60)30(5)46(63)67-40)19-13-17-53-18-15-41(59)68-51(39(58)26-66-32(7)55)28(3)20-35-34-22-37(52)36-21-33(56)14-16-47(36,8)42(34)38(57)24-48(35,51)9/h14,16,21,27-31,34-35,37-38,40,42-45,53,57,60-62,64-65H,12-13,15,17-20,22-26H2,1-11H3/t27-,28-,29+,30-,31-,34?,35?,37+,38+,40-,42?,43+,44-,45-,47+,48+,49-,50-,51+/m1/s1. The van der Waals surface area contributed by atoms with E-state index in [2.05, 4.69) is 5.32 Å². The lowest BCUT2D eigenvalue weighted by atomic mass is 9.46. The zero-order valence-corrected chi connectivity index (χ0v) is 42.1. The van der Waals surface area contributed by atoms with Gasteiger partial charge < -0.3 is 50.2 Å². The smallest absolute Gasteiger partial charge is 0.311 e. The Morgan fingerprint density at radius 3 is 2.25 bits per heavy atom. The fraction of sp³-hybridized carbons (Fsp3) is 0.824. The second-order valence-electron chi connectivity index (χ2n) is 22.2. The van der Waals surface area contributed by atoms with E-state index in [1.54, 1.807) is 33.8 Å². The first-order valence-corrected chi connectivity index (χ1v) is 24.8. The molecular weight excluding hydrogens is 884 g/mol. The number of nitrogens with one attached hydrogen (secondary N) is 1. The number of allylic oxidation sites excluding steroid dienone is 4. The number of esters is 3. The van der Waals surface area contributed by atoms with Gasteiger partial charge in [-0.1, -0.05) is 47.6 Å². The Morgan fingerprint density at radius 2 is 1.62 bits per heavy atom. The molecule has 386 valence electrons. The van der Waals surface area contributed by atoms with E-state index in [1.807, 2.05) is 25.7 Å². The van der Waals surface area contributed by atoms with Crippen molar-refractivity contribution in [3.05, 3.63) is 23.8 Å². The largest absolute Gasteiger partial charge is 0.459 e. The number of rotatable bonds is 12. The van der Waals surface area contributed by atoms with Gasteiger partial charge in [0.2, 0.25) is 5.78 Å². The highest BCUT2D eigenvalue weighted by Gasteiger charge is 2.73. The molecule has 16 nitrogen and oxygen atoms in total. The molecule has 68 heavy (non-hydrogen) atoms. The molecular formula is C51H81FN2O14. The van der Waals surface area contributed by atoms with Gasteiger partial charge in [-0.15, -0.1) is 0 Å². The molecule has 0 bridgehead atoms. The molecule has 5 rings (SSSR count). The van der Waals surface area contributed by atoms with Crippen molar-refractivity contribution < 1.29 is 73.2 Å². The first-order valence-electron chi connectivity index (χ1n) is 24.8. The maximum absolute atomic E-state index is 16.1. The summed E-state index contributed by atoms with van der Waals surface area (Å²) in [5.41, 5.74) is -7.14. The maximum Gasteiger partial charge on any atom is 0.311 e. The van der Waals surface area contributed by atoms with Crippen LogP contribution in [0.4, 0.5) is 4.39 Å². The molecule has 4 fully saturated rings. The number of ether oxygens (including phenoxy) is 3. The molecule has 5 aliphatic rings. The summed E-state index contributed by atoms with van der Waals surface area (Å²) in [6, 6.07) is -0.695. The molecule has 0 radical (unpaired) electrons. The molecule has 0 aromatic rings. The van der Waals surface area contributed by atoms with Crippen LogP contribution >= 0.6 is 0 Å². The number of aliphatic hydroxyl groups excluding tert-OH is 4. The molecule has 3 unspecified atom stereocenters. The number of cyclic esters (lactones) is 1. The Labute approximate surface area is 401 Å². The average molecular weight is 965 g/mol. The Morgan fingerprint density at radius 1 is 0.956 bits per heavy atom. The number of fused-ring (bicyclic) bond motifs is 5. The van der Waals surface area contributed by atoms with Crippen LogP contribution in [0.1, 0.15) is 121 Å². The van der Waals surface area contributed by atoms with Gasteiger partial charge in [-0.3, -0.25) is 28.9 Å². The fourth-order valence-electron chi connectivity index (χ4n) is 13.6. The van der Waals surface area contributed by atoms with Crippen molar-refractivity contribution in [2.45, 2.75) is 181 Å². The summed E-state index contributed by atoms with van der Waals surface area (Å²) in [5.74, 6) is -7.24. The van der Waals surface area contributed by atoms with Crippen LogP contribution in [0.5, 0.6) is 0 Å². The fourth-order valence-corrected chi connectivity index (χ4v) is 13.6. The number of hydrogen-bond donors (Lipinski definition) is 7. The van der Waals surface area contributed by atoms with Crippen LogP contribution in [-0.4, -0.2) is 157 Å². The van der Waals surface area contributed by atoms with E-state index in [9.17, 15) is 54.6 Å². The van der Waals surface area contributed by atoms with Gasteiger partial charge in [-0.2, -0.15) is 0 Å². The lowest BCUT2D eigenvalue weighted by Crippen LogP contribution is -2.65. The monoisotopic (exact) mass is 965 g/mol. The summed E-state index contributed by atoms with van der Waals surface area (Å²) in [6.07, 6.45) is -2.35. The van der Waals surface area contributed by atoms with Gasteiger partial charge in [0, 0.05) is 54.6 Å². The van der Waals surface area contributed by atoms with Gasteiger partial charge in [0.25, 0.3) is 0 Å². The van der Waals surface area contributed by atoms with E-state index in [0.717, 1.165) is 0 Å². The van der Waals surface area contributed by atoms with Crippen molar-refractivity contribution in [2.24, 2.45) is 52.3 Å². The molecule has 0 spiro atoms. The highest BCUT2D eigenvalue weighted by atomic mass is 19.1. The van der Waals surface area contributed by atoms with E-state index in [4.69, 9.17) is 14.2 Å².